The van der Waals surface area contributed by atoms with Crippen molar-refractivity contribution in [2.45, 2.75) is 13.0 Å². The molecule has 0 heterocycles. The SMILES string of the molecule is COc1c(C(C)N)cc(F)c(O)c1F. The second-order valence-corrected chi connectivity index (χ2v) is 2.93. The van der Waals surface area contributed by atoms with E-state index in [0.29, 0.717) is 0 Å². The summed E-state index contributed by atoms with van der Waals surface area (Å²) in [6, 6.07) is 0.386. The quantitative estimate of drug-likeness (QED) is 0.769. The molecule has 0 aliphatic carbocycles. The summed E-state index contributed by atoms with van der Waals surface area (Å²) in [4.78, 5) is 0. The first-order chi connectivity index (χ1) is 6.49. The van der Waals surface area contributed by atoms with Gasteiger partial charge in [0.1, 0.15) is 0 Å². The zero-order valence-electron chi connectivity index (χ0n) is 7.84. The standard InChI is InChI=1S/C9H11F2NO2/c1-4(12)5-3-6(10)8(13)7(11)9(5)14-2/h3-4,13H,12H2,1-2H3. The summed E-state index contributed by atoms with van der Waals surface area (Å²) < 4.78 is 30.8. The lowest BCUT2D eigenvalue weighted by Gasteiger charge is -2.13. The van der Waals surface area contributed by atoms with Crippen molar-refractivity contribution in [1.82, 2.24) is 0 Å². The van der Waals surface area contributed by atoms with Gasteiger partial charge < -0.3 is 15.6 Å². The first kappa shape index (κ1) is 10.7. The van der Waals surface area contributed by atoms with Crippen LogP contribution >= 0.6 is 0 Å². The van der Waals surface area contributed by atoms with Crippen molar-refractivity contribution in [3.8, 4) is 11.5 Å². The molecule has 14 heavy (non-hydrogen) atoms. The van der Waals surface area contributed by atoms with Crippen LogP contribution in [0, 0.1) is 11.6 Å². The lowest BCUT2D eigenvalue weighted by Crippen LogP contribution is -2.09. The minimum absolute atomic E-state index is 0.181. The molecule has 78 valence electrons. The molecule has 3 nitrogen and oxygen atoms in total. The highest BCUT2D eigenvalue weighted by Gasteiger charge is 2.20. The maximum atomic E-state index is 13.2. The smallest absolute Gasteiger partial charge is 0.209 e. The van der Waals surface area contributed by atoms with Crippen LogP contribution < -0.4 is 10.5 Å². The molecule has 0 bridgehead atoms. The van der Waals surface area contributed by atoms with Crippen molar-refractivity contribution in [3.63, 3.8) is 0 Å². The van der Waals surface area contributed by atoms with Crippen LogP contribution in [-0.4, -0.2) is 12.2 Å². The van der Waals surface area contributed by atoms with Crippen LogP contribution in [0.4, 0.5) is 8.78 Å². The Bertz CT molecular complexity index is 353. The van der Waals surface area contributed by atoms with Crippen molar-refractivity contribution < 1.29 is 18.6 Å². The summed E-state index contributed by atoms with van der Waals surface area (Å²) in [5, 5.41) is 8.95. The highest BCUT2D eigenvalue weighted by Crippen LogP contribution is 2.34. The lowest BCUT2D eigenvalue weighted by molar-refractivity contribution is 0.344. The maximum absolute atomic E-state index is 13.2. The predicted octanol–water partition coefficient (Wildman–Crippen LogP) is 1.70. The molecule has 0 fully saturated rings. The van der Waals surface area contributed by atoms with Gasteiger partial charge in [-0.15, -0.1) is 0 Å². The molecule has 1 aromatic rings. The molecule has 0 radical (unpaired) electrons. The number of rotatable bonds is 2. The Balaban J connectivity index is 3.43. The van der Waals surface area contributed by atoms with E-state index in [1.54, 1.807) is 6.92 Å². The Morgan fingerprint density at radius 2 is 2.07 bits per heavy atom. The van der Waals surface area contributed by atoms with Crippen LogP contribution in [0.25, 0.3) is 0 Å². The van der Waals surface area contributed by atoms with Gasteiger partial charge in [0.15, 0.2) is 17.3 Å². The van der Waals surface area contributed by atoms with Crippen LogP contribution in [0.2, 0.25) is 0 Å². The number of hydrogen-bond acceptors (Lipinski definition) is 3. The fourth-order valence-corrected chi connectivity index (χ4v) is 1.16. The summed E-state index contributed by atoms with van der Waals surface area (Å²) in [5.41, 5.74) is 5.66. The van der Waals surface area contributed by atoms with Gasteiger partial charge in [0.25, 0.3) is 0 Å². The maximum Gasteiger partial charge on any atom is 0.209 e. The molecule has 1 atom stereocenters. The second kappa shape index (κ2) is 3.79. The van der Waals surface area contributed by atoms with Crippen molar-refractivity contribution in [2.24, 2.45) is 5.73 Å². The molecule has 1 rings (SSSR count). The number of benzene rings is 1. The average molecular weight is 203 g/mol. The van der Waals surface area contributed by atoms with E-state index < -0.39 is 23.4 Å². The average Bonchev–Trinajstić information content (AvgIpc) is 2.13. The van der Waals surface area contributed by atoms with E-state index in [-0.39, 0.29) is 11.3 Å². The molecule has 1 aromatic carbocycles. The number of ether oxygens (including phenoxy) is 1. The van der Waals surface area contributed by atoms with Gasteiger partial charge >= 0.3 is 0 Å². The topological polar surface area (TPSA) is 55.5 Å². The molecule has 0 saturated carbocycles. The summed E-state index contributed by atoms with van der Waals surface area (Å²) in [5.74, 6) is -3.44. The summed E-state index contributed by atoms with van der Waals surface area (Å²) >= 11 is 0. The molecule has 0 aliphatic rings. The van der Waals surface area contributed by atoms with E-state index in [1.807, 2.05) is 0 Å². The molecule has 0 spiro atoms. The number of halogens is 2. The first-order valence-electron chi connectivity index (χ1n) is 3.99. The van der Waals surface area contributed by atoms with E-state index >= 15 is 0 Å². The van der Waals surface area contributed by atoms with Crippen LogP contribution in [0.5, 0.6) is 11.5 Å². The molecular weight excluding hydrogens is 192 g/mol. The third kappa shape index (κ3) is 1.63. The van der Waals surface area contributed by atoms with Gasteiger partial charge in [-0.3, -0.25) is 0 Å². The molecule has 5 heteroatoms. The van der Waals surface area contributed by atoms with Gasteiger partial charge in [0, 0.05) is 11.6 Å². The zero-order valence-corrected chi connectivity index (χ0v) is 7.84. The van der Waals surface area contributed by atoms with E-state index in [9.17, 15) is 8.78 Å². The number of phenolic OH excluding ortho intramolecular Hbond substituents is 1. The van der Waals surface area contributed by atoms with Crippen LogP contribution in [-0.2, 0) is 0 Å². The summed E-state index contributed by atoms with van der Waals surface area (Å²) in [6.07, 6.45) is 0. The normalized spacial score (nSPS) is 12.6. The number of hydrogen-bond donors (Lipinski definition) is 2. The molecule has 0 amide bonds. The predicted molar refractivity (Wildman–Crippen MR) is 47.2 cm³/mol. The molecule has 3 N–H and O–H groups in total. The van der Waals surface area contributed by atoms with Crippen LogP contribution in [0.15, 0.2) is 6.07 Å². The minimum atomic E-state index is -1.13. The Hall–Kier alpha value is -1.36. The summed E-state index contributed by atoms with van der Waals surface area (Å²) in [6.45, 7) is 1.56. The second-order valence-electron chi connectivity index (χ2n) is 2.93. The van der Waals surface area contributed by atoms with Gasteiger partial charge in [-0.1, -0.05) is 0 Å². The fraction of sp³-hybridized carbons (Fsp3) is 0.333. The van der Waals surface area contributed by atoms with E-state index in [1.165, 1.54) is 7.11 Å². The molecule has 0 saturated heterocycles. The van der Waals surface area contributed by atoms with Crippen LogP contribution in [0.3, 0.4) is 0 Å². The third-order valence-corrected chi connectivity index (χ3v) is 1.87. The minimum Gasteiger partial charge on any atom is -0.503 e. The number of methoxy groups -OCH3 is 1. The molecular formula is C9H11F2NO2. The Kier molecular flexibility index (Phi) is 2.90. The molecule has 0 aromatic heterocycles. The van der Waals surface area contributed by atoms with Gasteiger partial charge in [-0.05, 0) is 13.0 Å². The van der Waals surface area contributed by atoms with Crippen molar-refractivity contribution in [1.29, 1.82) is 0 Å². The number of phenols is 1. The summed E-state index contributed by atoms with van der Waals surface area (Å²) in [7, 11) is 1.22. The Morgan fingerprint density at radius 3 is 2.50 bits per heavy atom. The highest BCUT2D eigenvalue weighted by molar-refractivity contribution is 5.44. The number of nitrogens with two attached hydrogens (primary N) is 1. The van der Waals surface area contributed by atoms with Crippen molar-refractivity contribution >= 4 is 0 Å². The monoisotopic (exact) mass is 203 g/mol. The molecule has 0 aliphatic heterocycles. The van der Waals surface area contributed by atoms with Gasteiger partial charge in [-0.25, -0.2) is 4.39 Å². The Morgan fingerprint density at radius 1 is 1.50 bits per heavy atom. The molecule has 1 unspecified atom stereocenters. The van der Waals surface area contributed by atoms with Crippen LogP contribution in [0.1, 0.15) is 18.5 Å². The fourth-order valence-electron chi connectivity index (χ4n) is 1.16. The van der Waals surface area contributed by atoms with Crippen molar-refractivity contribution in [3.05, 3.63) is 23.3 Å². The first-order valence-corrected chi connectivity index (χ1v) is 3.99. The lowest BCUT2D eigenvalue weighted by atomic mass is 10.1. The number of aromatic hydroxyl groups is 1. The van der Waals surface area contributed by atoms with Gasteiger partial charge in [-0.2, -0.15) is 4.39 Å². The third-order valence-electron chi connectivity index (χ3n) is 1.87. The largest absolute Gasteiger partial charge is 0.503 e. The van der Waals surface area contributed by atoms with Crippen molar-refractivity contribution in [2.75, 3.05) is 7.11 Å². The van der Waals surface area contributed by atoms with E-state index in [4.69, 9.17) is 15.6 Å². The Labute approximate surface area is 80.1 Å². The van der Waals surface area contributed by atoms with E-state index in [0.717, 1.165) is 6.07 Å². The zero-order chi connectivity index (χ0) is 10.9. The highest BCUT2D eigenvalue weighted by atomic mass is 19.1. The van der Waals surface area contributed by atoms with E-state index in [2.05, 4.69) is 0 Å². The van der Waals surface area contributed by atoms with Gasteiger partial charge in [0.2, 0.25) is 5.82 Å². The van der Waals surface area contributed by atoms with Gasteiger partial charge in [0.05, 0.1) is 7.11 Å².